The Hall–Kier alpha value is -1.81. The number of benzene rings is 1. The van der Waals surface area contributed by atoms with Crippen LogP contribution in [0.5, 0.6) is 5.75 Å². The van der Waals surface area contributed by atoms with Gasteiger partial charge in [-0.2, -0.15) is 0 Å². The second-order valence-electron chi connectivity index (χ2n) is 3.61. The summed E-state index contributed by atoms with van der Waals surface area (Å²) in [4.78, 5) is 11.8. The monoisotopic (exact) mass is 248 g/mol. The van der Waals surface area contributed by atoms with E-state index >= 15 is 0 Å². The number of ether oxygens (including phenoxy) is 1. The third-order valence-electron chi connectivity index (χ3n) is 2.36. The van der Waals surface area contributed by atoms with Crippen LogP contribution in [0.2, 0.25) is 0 Å². The first-order valence-corrected chi connectivity index (χ1v) is 6.08. The maximum atomic E-state index is 10.7. The van der Waals surface area contributed by atoms with Crippen molar-refractivity contribution in [2.24, 2.45) is 0 Å². The average molecular weight is 248 g/mol. The predicted molar refractivity (Wildman–Crippen MR) is 66.8 cm³/mol. The van der Waals surface area contributed by atoms with Gasteiger partial charge in [-0.15, -0.1) is 11.3 Å². The molecule has 0 aliphatic heterocycles. The molecular weight excluding hydrogens is 236 g/mol. The topological polar surface area (TPSA) is 46.5 Å². The minimum absolute atomic E-state index is 0.0225. The van der Waals surface area contributed by atoms with E-state index in [2.05, 4.69) is 0 Å². The van der Waals surface area contributed by atoms with E-state index in [9.17, 15) is 4.79 Å². The highest BCUT2D eigenvalue weighted by Crippen LogP contribution is 2.25. The van der Waals surface area contributed by atoms with Crippen molar-refractivity contribution < 1.29 is 14.6 Å². The van der Waals surface area contributed by atoms with Gasteiger partial charge in [0.1, 0.15) is 11.9 Å². The fourth-order valence-electron chi connectivity index (χ4n) is 1.46. The minimum atomic E-state index is -0.928. The van der Waals surface area contributed by atoms with Gasteiger partial charge in [-0.25, -0.2) is 4.79 Å². The summed E-state index contributed by atoms with van der Waals surface area (Å²) >= 11 is 1.64. The Kier molecular flexibility index (Phi) is 3.44. The third-order valence-corrected chi connectivity index (χ3v) is 3.39. The molecule has 0 bridgehead atoms. The highest BCUT2D eigenvalue weighted by atomic mass is 32.1. The first kappa shape index (κ1) is 11.7. The molecule has 0 saturated carbocycles. The molecule has 1 aromatic carbocycles. The van der Waals surface area contributed by atoms with Crippen LogP contribution in [0, 0.1) is 0 Å². The van der Waals surface area contributed by atoms with Crippen LogP contribution in [0.4, 0.5) is 0 Å². The Bertz CT molecular complexity index is 488. The highest BCUT2D eigenvalue weighted by Gasteiger charge is 2.08. The number of carboxylic acids is 1. The predicted octanol–water partition coefficient (Wildman–Crippen LogP) is 3.59. The number of hydrogen-bond donors (Lipinski definition) is 1. The lowest BCUT2D eigenvalue weighted by Crippen LogP contribution is -2.01. The van der Waals surface area contributed by atoms with Crippen molar-refractivity contribution in [3.8, 4) is 5.75 Å². The fraction of sp³-hybridized carbons (Fsp3) is 0.154. The van der Waals surface area contributed by atoms with Gasteiger partial charge < -0.3 is 9.84 Å². The number of carbonyl (C=O) groups is 1. The second-order valence-corrected chi connectivity index (χ2v) is 4.58. The van der Waals surface area contributed by atoms with E-state index in [1.54, 1.807) is 35.6 Å². The lowest BCUT2D eigenvalue weighted by molar-refractivity contribution is 0.0697. The first-order valence-electron chi connectivity index (χ1n) is 5.20. The summed E-state index contributed by atoms with van der Waals surface area (Å²) in [5.74, 6) is -0.251. The molecule has 1 aromatic heterocycles. The van der Waals surface area contributed by atoms with Crippen LogP contribution in [0.3, 0.4) is 0 Å². The number of hydrogen-bond acceptors (Lipinski definition) is 3. The summed E-state index contributed by atoms with van der Waals surface area (Å²) in [6.45, 7) is 1.97. The number of rotatable bonds is 4. The lowest BCUT2D eigenvalue weighted by atomic mass is 10.2. The van der Waals surface area contributed by atoms with E-state index in [4.69, 9.17) is 9.84 Å². The molecule has 3 nitrogen and oxygen atoms in total. The molecular formula is C13H12O3S. The molecule has 4 heteroatoms. The van der Waals surface area contributed by atoms with Gasteiger partial charge in [-0.3, -0.25) is 0 Å². The van der Waals surface area contributed by atoms with Crippen molar-refractivity contribution in [3.05, 3.63) is 52.2 Å². The SMILES string of the molecule is CC(Oc1ccc(C(=O)O)cc1)c1cccs1. The van der Waals surface area contributed by atoms with Gasteiger partial charge in [0.15, 0.2) is 0 Å². The van der Waals surface area contributed by atoms with E-state index < -0.39 is 5.97 Å². The second kappa shape index (κ2) is 5.01. The van der Waals surface area contributed by atoms with Gasteiger partial charge in [0.05, 0.1) is 5.56 Å². The number of aromatic carboxylic acids is 1. The molecule has 0 aliphatic rings. The molecule has 0 radical (unpaired) electrons. The Morgan fingerprint density at radius 3 is 2.53 bits per heavy atom. The van der Waals surface area contributed by atoms with Gasteiger partial charge in [0, 0.05) is 4.88 Å². The van der Waals surface area contributed by atoms with Crippen LogP contribution < -0.4 is 4.74 Å². The Labute approximate surface area is 103 Å². The third kappa shape index (κ3) is 2.85. The summed E-state index contributed by atoms with van der Waals surface area (Å²) < 4.78 is 5.71. The molecule has 0 saturated heterocycles. The largest absolute Gasteiger partial charge is 0.485 e. The summed E-state index contributed by atoms with van der Waals surface area (Å²) in [6.07, 6.45) is -0.0225. The highest BCUT2D eigenvalue weighted by molar-refractivity contribution is 7.10. The summed E-state index contributed by atoms with van der Waals surface area (Å²) in [7, 11) is 0. The smallest absolute Gasteiger partial charge is 0.335 e. The molecule has 1 unspecified atom stereocenters. The van der Waals surface area contributed by atoms with Crippen molar-refractivity contribution >= 4 is 17.3 Å². The summed E-state index contributed by atoms with van der Waals surface area (Å²) in [5.41, 5.74) is 0.265. The van der Waals surface area contributed by atoms with E-state index in [0.29, 0.717) is 5.75 Å². The van der Waals surface area contributed by atoms with Gasteiger partial charge in [-0.1, -0.05) is 6.07 Å². The van der Waals surface area contributed by atoms with E-state index in [1.165, 1.54) is 0 Å². The zero-order chi connectivity index (χ0) is 12.3. The van der Waals surface area contributed by atoms with Gasteiger partial charge in [0.25, 0.3) is 0 Å². The zero-order valence-electron chi connectivity index (χ0n) is 9.29. The standard InChI is InChI=1S/C13H12O3S/c1-9(12-3-2-8-17-12)16-11-6-4-10(5-7-11)13(14)15/h2-9H,1H3,(H,14,15). The van der Waals surface area contributed by atoms with E-state index in [-0.39, 0.29) is 11.7 Å². The Balaban J connectivity index is 2.06. The maximum absolute atomic E-state index is 10.7. The molecule has 1 heterocycles. The molecule has 88 valence electrons. The van der Waals surface area contributed by atoms with Gasteiger partial charge in [0.2, 0.25) is 0 Å². The zero-order valence-corrected chi connectivity index (χ0v) is 10.1. The number of carboxylic acid groups (broad SMARTS) is 1. The van der Waals surface area contributed by atoms with Gasteiger partial charge in [-0.05, 0) is 42.6 Å². The Morgan fingerprint density at radius 2 is 2.00 bits per heavy atom. The lowest BCUT2D eigenvalue weighted by Gasteiger charge is -2.13. The average Bonchev–Trinajstić information content (AvgIpc) is 2.83. The molecule has 0 spiro atoms. The van der Waals surface area contributed by atoms with Crippen LogP contribution in [0.25, 0.3) is 0 Å². The molecule has 0 fully saturated rings. The van der Waals surface area contributed by atoms with Crippen LogP contribution in [0.1, 0.15) is 28.3 Å². The molecule has 1 N–H and O–H groups in total. The quantitative estimate of drug-likeness (QED) is 0.899. The Morgan fingerprint density at radius 1 is 1.29 bits per heavy atom. The van der Waals surface area contributed by atoms with Crippen LogP contribution >= 0.6 is 11.3 Å². The summed E-state index contributed by atoms with van der Waals surface area (Å²) in [5, 5.41) is 10.8. The van der Waals surface area contributed by atoms with Crippen molar-refractivity contribution in [2.45, 2.75) is 13.0 Å². The first-order chi connectivity index (χ1) is 8.16. The van der Waals surface area contributed by atoms with Crippen molar-refractivity contribution in [2.75, 3.05) is 0 Å². The molecule has 17 heavy (non-hydrogen) atoms. The number of thiophene rings is 1. The maximum Gasteiger partial charge on any atom is 0.335 e. The minimum Gasteiger partial charge on any atom is -0.485 e. The van der Waals surface area contributed by atoms with Crippen molar-refractivity contribution in [1.82, 2.24) is 0 Å². The van der Waals surface area contributed by atoms with E-state index in [0.717, 1.165) is 4.88 Å². The fourth-order valence-corrected chi connectivity index (χ4v) is 2.17. The molecule has 1 atom stereocenters. The van der Waals surface area contributed by atoms with Gasteiger partial charge >= 0.3 is 5.97 Å². The van der Waals surface area contributed by atoms with Crippen LogP contribution in [0.15, 0.2) is 41.8 Å². The molecule has 2 rings (SSSR count). The molecule has 0 aliphatic carbocycles. The van der Waals surface area contributed by atoms with E-state index in [1.807, 2.05) is 24.4 Å². The van der Waals surface area contributed by atoms with Crippen molar-refractivity contribution in [3.63, 3.8) is 0 Å². The molecule has 0 amide bonds. The normalized spacial score (nSPS) is 12.1. The molecule has 2 aromatic rings. The van der Waals surface area contributed by atoms with Crippen LogP contribution in [-0.2, 0) is 0 Å². The van der Waals surface area contributed by atoms with Crippen LogP contribution in [-0.4, -0.2) is 11.1 Å². The summed E-state index contributed by atoms with van der Waals surface area (Å²) in [6, 6.07) is 10.4. The van der Waals surface area contributed by atoms with Crippen molar-refractivity contribution in [1.29, 1.82) is 0 Å².